The number of amides is 1. The molecule has 0 radical (unpaired) electrons. The topological polar surface area (TPSA) is 122 Å². The van der Waals surface area contributed by atoms with Gasteiger partial charge in [-0.2, -0.15) is 0 Å². The Morgan fingerprint density at radius 1 is 1.09 bits per heavy atom. The Morgan fingerprint density at radius 2 is 1.76 bits per heavy atom. The number of tetrazole rings is 1. The summed E-state index contributed by atoms with van der Waals surface area (Å²) in [6, 6.07) is 11.7. The van der Waals surface area contributed by atoms with Crippen LogP contribution in [0.25, 0.3) is 0 Å². The summed E-state index contributed by atoms with van der Waals surface area (Å²) in [6.45, 7) is 4.11. The number of carbonyl (C=O) groups excluding carboxylic acids is 1. The molecule has 0 aliphatic heterocycles. The molecule has 2 unspecified atom stereocenters. The number of carboxylic acid groups (broad SMARTS) is 1. The van der Waals surface area contributed by atoms with Crippen molar-refractivity contribution in [3.8, 4) is 0 Å². The van der Waals surface area contributed by atoms with E-state index >= 15 is 0 Å². The number of hydrogen-bond acceptors (Lipinski definition) is 6. The molecule has 33 heavy (non-hydrogen) atoms. The Balaban J connectivity index is 1.99. The molecule has 0 saturated heterocycles. The first-order valence-electron chi connectivity index (χ1n) is 10.7. The van der Waals surface area contributed by atoms with Gasteiger partial charge >= 0.3 is 5.97 Å². The molecule has 3 aromatic rings. The second kappa shape index (κ2) is 11.3. The molecule has 1 amide bonds. The molecule has 0 spiro atoms. The van der Waals surface area contributed by atoms with Gasteiger partial charge in [0.2, 0.25) is 5.91 Å². The van der Waals surface area contributed by atoms with Crippen LogP contribution in [-0.4, -0.2) is 37.2 Å². The largest absolute Gasteiger partial charge is 0.481 e. The van der Waals surface area contributed by atoms with Crippen molar-refractivity contribution in [2.24, 2.45) is 0 Å². The van der Waals surface area contributed by atoms with Crippen molar-refractivity contribution >= 4 is 17.6 Å². The standard InChI is InChI=1S/C23H27FN6O3/c1-3-4-13-30-23(27-28-29-30)22(17-7-11-19(12-8-17)25-15(2)31)26-20(14-21(32)33)16-5-9-18(24)10-6-16/h5-12,20,22,26H,3-4,13-14H2,1-2H3,(H,25,31)(H,32,33). The molecule has 0 aliphatic carbocycles. The quantitative estimate of drug-likeness (QED) is 0.405. The minimum Gasteiger partial charge on any atom is -0.481 e. The van der Waals surface area contributed by atoms with E-state index in [9.17, 15) is 19.1 Å². The van der Waals surface area contributed by atoms with Gasteiger partial charge in [-0.3, -0.25) is 14.9 Å². The van der Waals surface area contributed by atoms with E-state index in [2.05, 4.69) is 33.1 Å². The van der Waals surface area contributed by atoms with Crippen molar-refractivity contribution < 1.29 is 19.1 Å². The number of aliphatic carboxylic acids is 1. The van der Waals surface area contributed by atoms with Crippen molar-refractivity contribution in [2.45, 2.75) is 51.7 Å². The molecule has 0 bridgehead atoms. The summed E-state index contributed by atoms with van der Waals surface area (Å²) in [5.74, 6) is -1.05. The number of aryl methyl sites for hydroxylation is 1. The SMILES string of the molecule is CCCCn1nnnc1C(NC(CC(=O)O)c1ccc(F)cc1)c1ccc(NC(C)=O)cc1. The highest BCUT2D eigenvalue weighted by Crippen LogP contribution is 2.28. The Kier molecular flexibility index (Phi) is 8.20. The fourth-order valence-corrected chi connectivity index (χ4v) is 3.51. The average molecular weight is 455 g/mol. The fraction of sp³-hybridized carbons (Fsp3) is 0.348. The average Bonchev–Trinajstić information content (AvgIpc) is 3.24. The van der Waals surface area contributed by atoms with Crippen LogP contribution in [0.15, 0.2) is 48.5 Å². The first-order chi connectivity index (χ1) is 15.9. The molecule has 0 fully saturated rings. The number of carboxylic acids is 1. The van der Waals surface area contributed by atoms with Crippen LogP contribution in [0.2, 0.25) is 0 Å². The molecule has 2 atom stereocenters. The van der Waals surface area contributed by atoms with Gasteiger partial charge in [0.25, 0.3) is 0 Å². The number of nitrogens with zero attached hydrogens (tertiary/aromatic N) is 4. The molecule has 3 N–H and O–H groups in total. The molecule has 0 aliphatic rings. The highest BCUT2D eigenvalue weighted by molar-refractivity contribution is 5.88. The molecule has 2 aromatic carbocycles. The third-order valence-electron chi connectivity index (χ3n) is 5.12. The number of nitrogens with one attached hydrogen (secondary N) is 2. The summed E-state index contributed by atoms with van der Waals surface area (Å²) < 4.78 is 15.2. The van der Waals surface area contributed by atoms with Gasteiger partial charge in [-0.25, -0.2) is 9.07 Å². The number of rotatable bonds is 11. The van der Waals surface area contributed by atoms with Crippen molar-refractivity contribution in [3.05, 3.63) is 71.3 Å². The van der Waals surface area contributed by atoms with Gasteiger partial charge in [-0.15, -0.1) is 5.10 Å². The number of aromatic nitrogens is 4. The summed E-state index contributed by atoms with van der Waals surface area (Å²) in [5.41, 5.74) is 2.05. The van der Waals surface area contributed by atoms with Crippen molar-refractivity contribution in [3.63, 3.8) is 0 Å². The van der Waals surface area contributed by atoms with Crippen LogP contribution in [0.1, 0.15) is 62.1 Å². The van der Waals surface area contributed by atoms with E-state index in [1.165, 1.54) is 19.1 Å². The van der Waals surface area contributed by atoms with Crippen molar-refractivity contribution in [1.82, 2.24) is 25.5 Å². The second-order valence-corrected chi connectivity index (χ2v) is 7.72. The third-order valence-corrected chi connectivity index (χ3v) is 5.12. The second-order valence-electron chi connectivity index (χ2n) is 7.72. The van der Waals surface area contributed by atoms with Crippen LogP contribution in [-0.2, 0) is 16.1 Å². The number of hydrogen-bond donors (Lipinski definition) is 3. The number of halogens is 1. The molecular weight excluding hydrogens is 427 g/mol. The van der Waals surface area contributed by atoms with E-state index in [-0.39, 0.29) is 12.3 Å². The van der Waals surface area contributed by atoms with E-state index in [4.69, 9.17) is 0 Å². The molecular formula is C23H27FN6O3. The van der Waals surface area contributed by atoms with Gasteiger partial charge in [-0.1, -0.05) is 37.6 Å². The lowest BCUT2D eigenvalue weighted by Crippen LogP contribution is -2.31. The Bertz CT molecular complexity index is 1070. The Labute approximate surface area is 191 Å². The van der Waals surface area contributed by atoms with Gasteiger partial charge in [-0.05, 0) is 52.2 Å². The van der Waals surface area contributed by atoms with E-state index in [0.717, 1.165) is 18.4 Å². The van der Waals surface area contributed by atoms with Gasteiger partial charge in [0.1, 0.15) is 5.82 Å². The maximum absolute atomic E-state index is 13.5. The maximum Gasteiger partial charge on any atom is 0.305 e. The van der Waals surface area contributed by atoms with E-state index in [1.807, 2.05) is 12.1 Å². The minimum atomic E-state index is -0.998. The molecule has 9 nitrogen and oxygen atoms in total. The lowest BCUT2D eigenvalue weighted by Gasteiger charge is -2.25. The molecule has 1 heterocycles. The summed E-state index contributed by atoms with van der Waals surface area (Å²) >= 11 is 0. The third kappa shape index (κ3) is 6.66. The predicted molar refractivity (Wildman–Crippen MR) is 120 cm³/mol. The lowest BCUT2D eigenvalue weighted by molar-refractivity contribution is -0.137. The molecule has 0 saturated carbocycles. The minimum absolute atomic E-state index is 0.182. The van der Waals surface area contributed by atoms with Gasteiger partial charge in [0, 0.05) is 25.2 Å². The normalized spacial score (nSPS) is 12.8. The summed E-state index contributed by atoms with van der Waals surface area (Å²) in [7, 11) is 0. The molecule has 10 heteroatoms. The maximum atomic E-state index is 13.5. The summed E-state index contributed by atoms with van der Waals surface area (Å²) in [5, 5.41) is 27.7. The lowest BCUT2D eigenvalue weighted by atomic mass is 9.99. The van der Waals surface area contributed by atoms with Crippen LogP contribution < -0.4 is 10.6 Å². The number of unbranched alkanes of at least 4 members (excludes halogenated alkanes) is 1. The zero-order valence-corrected chi connectivity index (χ0v) is 18.5. The smallest absolute Gasteiger partial charge is 0.305 e. The van der Waals surface area contributed by atoms with Crippen LogP contribution in [0.4, 0.5) is 10.1 Å². The summed E-state index contributed by atoms with van der Waals surface area (Å²) in [6.07, 6.45) is 1.62. The van der Waals surface area contributed by atoms with Crippen molar-refractivity contribution in [1.29, 1.82) is 0 Å². The zero-order valence-electron chi connectivity index (χ0n) is 18.5. The monoisotopic (exact) mass is 454 g/mol. The first-order valence-corrected chi connectivity index (χ1v) is 10.7. The predicted octanol–water partition coefficient (Wildman–Crippen LogP) is 3.47. The zero-order chi connectivity index (χ0) is 23.8. The number of anilines is 1. The van der Waals surface area contributed by atoms with Crippen molar-refractivity contribution in [2.75, 3.05) is 5.32 Å². The van der Waals surface area contributed by atoms with Gasteiger partial charge in [0.05, 0.1) is 12.5 Å². The fourth-order valence-electron chi connectivity index (χ4n) is 3.51. The number of benzene rings is 2. The van der Waals surface area contributed by atoms with E-state index in [0.29, 0.717) is 23.6 Å². The molecule has 1 aromatic heterocycles. The highest BCUT2D eigenvalue weighted by Gasteiger charge is 2.26. The Hall–Kier alpha value is -3.66. The van der Waals surface area contributed by atoms with E-state index < -0.39 is 23.9 Å². The molecule has 3 rings (SSSR count). The van der Waals surface area contributed by atoms with Gasteiger partial charge < -0.3 is 10.4 Å². The Morgan fingerprint density at radius 3 is 2.36 bits per heavy atom. The van der Waals surface area contributed by atoms with Crippen LogP contribution in [0, 0.1) is 5.82 Å². The van der Waals surface area contributed by atoms with Crippen LogP contribution >= 0.6 is 0 Å². The summed E-state index contributed by atoms with van der Waals surface area (Å²) in [4.78, 5) is 23.0. The van der Waals surface area contributed by atoms with Crippen LogP contribution in [0.5, 0.6) is 0 Å². The molecule has 174 valence electrons. The van der Waals surface area contributed by atoms with Gasteiger partial charge in [0.15, 0.2) is 5.82 Å². The van der Waals surface area contributed by atoms with E-state index in [1.54, 1.807) is 28.9 Å². The number of carbonyl (C=O) groups is 2. The highest BCUT2D eigenvalue weighted by atomic mass is 19.1. The van der Waals surface area contributed by atoms with Crippen LogP contribution in [0.3, 0.4) is 0 Å². The first kappa shape index (κ1) is 24.0.